The molecule has 0 amide bonds. The van der Waals surface area contributed by atoms with E-state index in [1.54, 1.807) is 0 Å². The molecule has 1 saturated heterocycles. The van der Waals surface area contributed by atoms with Crippen molar-refractivity contribution >= 4 is 5.78 Å². The zero-order valence-electron chi connectivity index (χ0n) is 11.1. The van der Waals surface area contributed by atoms with E-state index in [0.29, 0.717) is 24.7 Å². The van der Waals surface area contributed by atoms with E-state index >= 15 is 0 Å². The summed E-state index contributed by atoms with van der Waals surface area (Å²) in [5.74, 6) is 1.00. The summed E-state index contributed by atoms with van der Waals surface area (Å²) in [7, 11) is 0. The molecule has 0 aromatic carbocycles. The van der Waals surface area contributed by atoms with Crippen LogP contribution in [-0.4, -0.2) is 29.2 Å². The van der Waals surface area contributed by atoms with Gasteiger partial charge in [-0.25, -0.2) is 0 Å². The minimum atomic E-state index is -0.434. The maximum atomic E-state index is 12.3. The average Bonchev–Trinajstić information content (AvgIpc) is 2.33. The first kappa shape index (κ1) is 12.4. The number of aliphatic hydroxyl groups excluding tert-OH is 1. The van der Waals surface area contributed by atoms with Crippen molar-refractivity contribution in [1.82, 2.24) is 0 Å². The maximum absolute atomic E-state index is 12.3. The van der Waals surface area contributed by atoms with Crippen molar-refractivity contribution in [3.63, 3.8) is 0 Å². The van der Waals surface area contributed by atoms with Crippen molar-refractivity contribution in [2.75, 3.05) is 6.61 Å². The van der Waals surface area contributed by atoms with Crippen molar-refractivity contribution < 1.29 is 14.6 Å². The van der Waals surface area contributed by atoms with Gasteiger partial charge in [0.1, 0.15) is 5.78 Å². The monoisotopic (exact) mass is 250 g/mol. The van der Waals surface area contributed by atoms with Gasteiger partial charge in [0.25, 0.3) is 0 Å². The Bertz CT molecular complexity index is 389. The van der Waals surface area contributed by atoms with E-state index < -0.39 is 5.60 Å². The van der Waals surface area contributed by atoms with E-state index in [0.717, 1.165) is 12.8 Å². The third-order valence-electron chi connectivity index (χ3n) is 5.23. The van der Waals surface area contributed by atoms with Gasteiger partial charge in [-0.05, 0) is 31.6 Å². The van der Waals surface area contributed by atoms with Gasteiger partial charge in [0, 0.05) is 12.3 Å². The van der Waals surface area contributed by atoms with Crippen LogP contribution in [0.1, 0.15) is 33.1 Å². The molecule has 0 spiro atoms. The molecule has 0 bridgehead atoms. The lowest BCUT2D eigenvalue weighted by Crippen LogP contribution is -2.56. The Morgan fingerprint density at radius 1 is 1.44 bits per heavy atom. The number of carbonyl (C=O) groups excluding carboxylic acids is 1. The standard InChI is InChI=1S/C15H22O3/c1-9-3-4-10-11(14(9)17)5-7-15(2)13(10)12(16)6-8-18-15/h5,7,9-11,13-14,17H,3-4,6,8H2,1-2H3/t9-,10-,11+,13-,14+,15-/m0/s1. The van der Waals surface area contributed by atoms with Crippen LogP contribution >= 0.6 is 0 Å². The fourth-order valence-electron chi connectivity index (χ4n) is 4.15. The van der Waals surface area contributed by atoms with Crippen molar-refractivity contribution in [2.45, 2.75) is 44.8 Å². The maximum Gasteiger partial charge on any atom is 0.141 e. The SMILES string of the molecule is C[C@H]1CC[C@H]2[C@@H](C=C[C@]3(C)OCCC(=O)[C@H]23)[C@@H]1O. The number of aliphatic hydroxyl groups is 1. The van der Waals surface area contributed by atoms with Crippen LogP contribution in [0.3, 0.4) is 0 Å². The Kier molecular flexibility index (Phi) is 2.87. The molecule has 0 aromatic heterocycles. The summed E-state index contributed by atoms with van der Waals surface area (Å²) in [5.41, 5.74) is -0.434. The van der Waals surface area contributed by atoms with Gasteiger partial charge in [-0.1, -0.05) is 19.1 Å². The summed E-state index contributed by atoms with van der Waals surface area (Å²) >= 11 is 0. The average molecular weight is 250 g/mol. The molecule has 6 atom stereocenters. The van der Waals surface area contributed by atoms with Crippen LogP contribution in [-0.2, 0) is 9.53 Å². The van der Waals surface area contributed by atoms with E-state index in [4.69, 9.17) is 4.74 Å². The van der Waals surface area contributed by atoms with Gasteiger partial charge < -0.3 is 9.84 Å². The van der Waals surface area contributed by atoms with Gasteiger partial charge in [0.15, 0.2) is 0 Å². The number of hydrogen-bond acceptors (Lipinski definition) is 3. The number of rotatable bonds is 0. The van der Waals surface area contributed by atoms with Gasteiger partial charge in [-0.15, -0.1) is 0 Å². The zero-order chi connectivity index (χ0) is 12.9. The van der Waals surface area contributed by atoms with Gasteiger partial charge in [-0.3, -0.25) is 4.79 Å². The molecule has 2 fully saturated rings. The number of fused-ring (bicyclic) bond motifs is 3. The molecule has 18 heavy (non-hydrogen) atoms. The molecule has 0 aromatic rings. The Morgan fingerprint density at radius 3 is 3.00 bits per heavy atom. The van der Waals surface area contributed by atoms with Gasteiger partial charge in [0.05, 0.1) is 24.2 Å². The normalized spacial score (nSPS) is 51.7. The summed E-state index contributed by atoms with van der Waals surface area (Å²) < 4.78 is 5.86. The molecule has 3 heteroatoms. The second kappa shape index (κ2) is 4.17. The first-order valence-corrected chi connectivity index (χ1v) is 7.07. The van der Waals surface area contributed by atoms with Gasteiger partial charge in [-0.2, -0.15) is 0 Å². The summed E-state index contributed by atoms with van der Waals surface area (Å²) in [5, 5.41) is 10.3. The highest BCUT2D eigenvalue weighted by atomic mass is 16.5. The molecule has 1 saturated carbocycles. The van der Waals surface area contributed by atoms with E-state index in [2.05, 4.69) is 13.0 Å². The van der Waals surface area contributed by atoms with Crippen LogP contribution < -0.4 is 0 Å². The van der Waals surface area contributed by atoms with Crippen LogP contribution in [0.15, 0.2) is 12.2 Å². The van der Waals surface area contributed by atoms with Gasteiger partial charge in [0.2, 0.25) is 0 Å². The smallest absolute Gasteiger partial charge is 0.141 e. The number of Topliss-reactive ketones (excluding diaryl/α,β-unsaturated/α-hetero) is 1. The molecular weight excluding hydrogens is 228 g/mol. The van der Waals surface area contributed by atoms with Crippen molar-refractivity contribution in [1.29, 1.82) is 0 Å². The van der Waals surface area contributed by atoms with E-state index in [1.165, 1.54) is 0 Å². The topological polar surface area (TPSA) is 46.5 Å². The lowest BCUT2D eigenvalue weighted by atomic mass is 9.58. The fourth-order valence-corrected chi connectivity index (χ4v) is 4.15. The lowest BCUT2D eigenvalue weighted by Gasteiger charge is -2.51. The molecular formula is C15H22O3. The van der Waals surface area contributed by atoms with Crippen LogP contribution in [0.4, 0.5) is 0 Å². The second-order valence-corrected chi connectivity index (χ2v) is 6.37. The Labute approximate surface area is 108 Å². The molecule has 1 aliphatic heterocycles. The molecule has 2 aliphatic carbocycles. The highest BCUT2D eigenvalue weighted by Crippen LogP contribution is 2.49. The quantitative estimate of drug-likeness (QED) is 0.668. The van der Waals surface area contributed by atoms with E-state index in [9.17, 15) is 9.90 Å². The predicted molar refractivity (Wildman–Crippen MR) is 68.0 cm³/mol. The molecule has 0 radical (unpaired) electrons. The number of ketones is 1. The Balaban J connectivity index is 1.97. The molecule has 0 unspecified atom stereocenters. The Hall–Kier alpha value is -0.670. The predicted octanol–water partition coefficient (Wildman–Crippen LogP) is 1.94. The minimum Gasteiger partial charge on any atom is -0.392 e. The minimum absolute atomic E-state index is 0.0524. The van der Waals surface area contributed by atoms with Crippen molar-refractivity contribution in [3.8, 4) is 0 Å². The lowest BCUT2D eigenvalue weighted by molar-refractivity contribution is -0.159. The largest absolute Gasteiger partial charge is 0.392 e. The molecule has 3 aliphatic rings. The third-order valence-corrected chi connectivity index (χ3v) is 5.23. The first-order chi connectivity index (χ1) is 8.53. The van der Waals surface area contributed by atoms with E-state index in [1.807, 2.05) is 13.0 Å². The second-order valence-electron chi connectivity index (χ2n) is 6.37. The fraction of sp³-hybridized carbons (Fsp3) is 0.800. The summed E-state index contributed by atoms with van der Waals surface area (Å²) in [6.45, 7) is 4.65. The van der Waals surface area contributed by atoms with Crippen LogP contribution in [0.5, 0.6) is 0 Å². The van der Waals surface area contributed by atoms with Crippen LogP contribution in [0.2, 0.25) is 0 Å². The van der Waals surface area contributed by atoms with Crippen LogP contribution in [0.25, 0.3) is 0 Å². The van der Waals surface area contributed by atoms with Crippen molar-refractivity contribution in [2.24, 2.45) is 23.7 Å². The summed E-state index contributed by atoms with van der Waals surface area (Å²) in [4.78, 5) is 12.3. The number of ether oxygens (including phenoxy) is 1. The zero-order valence-corrected chi connectivity index (χ0v) is 11.1. The molecule has 1 N–H and O–H groups in total. The molecule has 100 valence electrons. The summed E-state index contributed by atoms with van der Waals surface area (Å²) in [6.07, 6.45) is 6.39. The highest BCUT2D eigenvalue weighted by molar-refractivity contribution is 5.84. The highest BCUT2D eigenvalue weighted by Gasteiger charge is 2.52. The van der Waals surface area contributed by atoms with Crippen LogP contribution in [0, 0.1) is 23.7 Å². The number of hydrogen-bond donors (Lipinski definition) is 1. The third kappa shape index (κ3) is 1.68. The number of carbonyl (C=O) groups is 1. The molecule has 3 nitrogen and oxygen atoms in total. The molecule has 1 heterocycles. The molecule has 3 rings (SSSR count). The van der Waals surface area contributed by atoms with Gasteiger partial charge >= 0.3 is 0 Å². The summed E-state index contributed by atoms with van der Waals surface area (Å²) in [6, 6.07) is 0. The Morgan fingerprint density at radius 2 is 2.22 bits per heavy atom. The first-order valence-electron chi connectivity index (χ1n) is 7.07. The van der Waals surface area contributed by atoms with E-state index in [-0.39, 0.29) is 23.9 Å². The van der Waals surface area contributed by atoms with Crippen molar-refractivity contribution in [3.05, 3.63) is 12.2 Å².